The molecule has 28 heavy (non-hydrogen) atoms. The third-order valence-corrected chi connectivity index (χ3v) is 4.29. The van der Waals surface area contributed by atoms with Crippen LogP contribution < -0.4 is 0 Å². The Labute approximate surface area is 166 Å². The average Bonchev–Trinajstić information content (AvgIpc) is 3.23. The highest BCUT2D eigenvalue weighted by molar-refractivity contribution is 6.30. The van der Waals surface area contributed by atoms with E-state index in [1.807, 2.05) is 42.5 Å². The van der Waals surface area contributed by atoms with E-state index in [0.717, 1.165) is 11.1 Å². The molecule has 0 spiro atoms. The highest BCUT2D eigenvalue weighted by Crippen LogP contribution is 2.24. The lowest BCUT2D eigenvalue weighted by atomic mass is 10.1. The molecule has 0 atom stereocenters. The fourth-order valence-electron chi connectivity index (χ4n) is 2.68. The third-order valence-electron chi connectivity index (χ3n) is 4.05. The van der Waals surface area contributed by atoms with Crippen molar-refractivity contribution in [3.05, 3.63) is 95.0 Å². The van der Waals surface area contributed by atoms with Gasteiger partial charge in [0.1, 0.15) is 6.61 Å². The van der Waals surface area contributed by atoms with Gasteiger partial charge in [-0.05, 0) is 48.0 Å². The predicted octanol–water partition coefficient (Wildman–Crippen LogP) is 5.41. The van der Waals surface area contributed by atoms with Gasteiger partial charge in [0.25, 0.3) is 0 Å². The molecule has 138 valence electrons. The van der Waals surface area contributed by atoms with E-state index < -0.39 is 5.97 Å². The summed E-state index contributed by atoms with van der Waals surface area (Å²) in [6, 6.07) is 23.6. The fourth-order valence-corrected chi connectivity index (χ4v) is 2.89. The molecule has 0 aliphatic rings. The van der Waals surface area contributed by atoms with Crippen molar-refractivity contribution in [2.45, 2.75) is 6.61 Å². The monoisotopic (exact) mass is 390 g/mol. The topological polar surface area (TPSA) is 65.2 Å². The number of carbonyl (C=O) groups excluding carboxylic acids is 1. The summed E-state index contributed by atoms with van der Waals surface area (Å²) in [6.45, 7) is 0.141. The quantitative estimate of drug-likeness (QED) is 0.426. The van der Waals surface area contributed by atoms with Gasteiger partial charge in [0.2, 0.25) is 11.8 Å². The molecule has 4 aromatic rings. The number of esters is 1. The summed E-state index contributed by atoms with van der Waals surface area (Å²) in [5.41, 5.74) is 2.70. The van der Waals surface area contributed by atoms with Crippen LogP contribution in [-0.4, -0.2) is 16.2 Å². The number of nitrogens with zero attached hydrogens (tertiary/aromatic N) is 2. The summed E-state index contributed by atoms with van der Waals surface area (Å²) in [6.07, 6.45) is 0. The molecule has 0 unspecified atom stereocenters. The number of ether oxygens (including phenoxy) is 1. The molecule has 5 nitrogen and oxygen atoms in total. The van der Waals surface area contributed by atoms with Gasteiger partial charge >= 0.3 is 5.97 Å². The lowest BCUT2D eigenvalue weighted by Gasteiger charge is -2.06. The Morgan fingerprint density at radius 2 is 1.57 bits per heavy atom. The molecule has 6 heteroatoms. The Hall–Kier alpha value is -3.44. The maximum Gasteiger partial charge on any atom is 0.338 e. The number of rotatable bonds is 5. The molecule has 0 fully saturated rings. The van der Waals surface area contributed by atoms with Gasteiger partial charge in [0.05, 0.1) is 5.56 Å². The minimum atomic E-state index is -0.440. The standard InChI is InChI=1S/C22H15ClN2O3/c23-19-11-4-6-15(12-19)14-27-22(26)18-10-5-9-17(13-18)21-25-24-20(28-21)16-7-2-1-3-8-16/h1-13H,14H2. The third kappa shape index (κ3) is 4.10. The molecule has 0 radical (unpaired) electrons. The zero-order valence-electron chi connectivity index (χ0n) is 14.7. The first kappa shape index (κ1) is 17.9. The highest BCUT2D eigenvalue weighted by atomic mass is 35.5. The average molecular weight is 391 g/mol. The van der Waals surface area contributed by atoms with Crippen LogP contribution >= 0.6 is 11.6 Å². The number of halogens is 1. The molecule has 0 saturated heterocycles. The lowest BCUT2D eigenvalue weighted by Crippen LogP contribution is -2.05. The van der Waals surface area contributed by atoms with E-state index in [-0.39, 0.29) is 6.61 Å². The van der Waals surface area contributed by atoms with E-state index in [4.69, 9.17) is 20.8 Å². The van der Waals surface area contributed by atoms with Crippen LogP contribution in [0.5, 0.6) is 0 Å². The number of carbonyl (C=O) groups is 1. The maximum absolute atomic E-state index is 12.4. The van der Waals surface area contributed by atoms with Crippen LogP contribution in [0.25, 0.3) is 22.9 Å². The van der Waals surface area contributed by atoms with Gasteiger partial charge in [-0.1, -0.05) is 48.0 Å². The smallest absolute Gasteiger partial charge is 0.338 e. The van der Waals surface area contributed by atoms with E-state index in [9.17, 15) is 4.79 Å². The largest absolute Gasteiger partial charge is 0.457 e. The minimum absolute atomic E-state index is 0.141. The second-order valence-corrected chi connectivity index (χ2v) is 6.50. The molecule has 3 aromatic carbocycles. The molecule has 0 saturated carbocycles. The van der Waals surface area contributed by atoms with Gasteiger partial charge in [-0.15, -0.1) is 10.2 Å². The van der Waals surface area contributed by atoms with Crippen molar-refractivity contribution >= 4 is 17.6 Å². The fraction of sp³-hybridized carbons (Fsp3) is 0.0455. The summed E-state index contributed by atoms with van der Waals surface area (Å²) in [5, 5.41) is 8.76. The highest BCUT2D eigenvalue weighted by Gasteiger charge is 2.13. The second-order valence-electron chi connectivity index (χ2n) is 6.07. The van der Waals surface area contributed by atoms with Crippen LogP contribution in [0.4, 0.5) is 0 Å². The predicted molar refractivity (Wildman–Crippen MR) is 106 cm³/mol. The van der Waals surface area contributed by atoms with E-state index >= 15 is 0 Å². The van der Waals surface area contributed by atoms with E-state index in [0.29, 0.717) is 27.9 Å². The first-order chi connectivity index (χ1) is 13.7. The lowest BCUT2D eigenvalue weighted by molar-refractivity contribution is 0.0473. The molecule has 0 N–H and O–H groups in total. The Kier molecular flexibility index (Phi) is 5.17. The first-order valence-electron chi connectivity index (χ1n) is 8.60. The van der Waals surface area contributed by atoms with E-state index in [1.165, 1.54) is 0 Å². The van der Waals surface area contributed by atoms with Crippen LogP contribution in [0.3, 0.4) is 0 Å². The molecule has 1 heterocycles. The van der Waals surface area contributed by atoms with Crippen LogP contribution in [0, 0.1) is 0 Å². The number of hydrogen-bond donors (Lipinski definition) is 0. The molecular weight excluding hydrogens is 376 g/mol. The normalized spacial score (nSPS) is 10.6. The molecule has 0 amide bonds. The van der Waals surface area contributed by atoms with Gasteiger partial charge in [-0.2, -0.15) is 0 Å². The number of hydrogen-bond acceptors (Lipinski definition) is 5. The first-order valence-corrected chi connectivity index (χ1v) is 8.98. The van der Waals surface area contributed by atoms with E-state index in [2.05, 4.69) is 10.2 Å². The molecule has 0 aliphatic carbocycles. The van der Waals surface area contributed by atoms with Crippen LogP contribution in [0.2, 0.25) is 5.02 Å². The molecule has 0 aliphatic heterocycles. The minimum Gasteiger partial charge on any atom is -0.457 e. The maximum atomic E-state index is 12.4. The zero-order valence-corrected chi connectivity index (χ0v) is 15.5. The summed E-state index contributed by atoms with van der Waals surface area (Å²) in [4.78, 5) is 12.4. The van der Waals surface area contributed by atoms with Gasteiger partial charge in [-0.25, -0.2) is 4.79 Å². The van der Waals surface area contributed by atoms with Crippen molar-refractivity contribution in [3.8, 4) is 22.9 Å². The van der Waals surface area contributed by atoms with Crippen LogP contribution in [0.1, 0.15) is 15.9 Å². The summed E-state index contributed by atoms with van der Waals surface area (Å²) >= 11 is 5.95. The summed E-state index contributed by atoms with van der Waals surface area (Å²) in [7, 11) is 0. The van der Waals surface area contributed by atoms with Crippen molar-refractivity contribution in [1.82, 2.24) is 10.2 Å². The van der Waals surface area contributed by atoms with Crippen molar-refractivity contribution < 1.29 is 13.9 Å². The van der Waals surface area contributed by atoms with Gasteiger partial charge in [-0.3, -0.25) is 0 Å². The van der Waals surface area contributed by atoms with Crippen LogP contribution in [0.15, 0.2) is 83.3 Å². The van der Waals surface area contributed by atoms with Crippen molar-refractivity contribution in [3.63, 3.8) is 0 Å². The Bertz CT molecular complexity index is 1110. The number of benzene rings is 3. The molecule has 0 bridgehead atoms. The SMILES string of the molecule is O=C(OCc1cccc(Cl)c1)c1cccc(-c2nnc(-c3ccccc3)o2)c1. The van der Waals surface area contributed by atoms with Crippen molar-refractivity contribution in [2.75, 3.05) is 0 Å². The van der Waals surface area contributed by atoms with Crippen molar-refractivity contribution in [2.24, 2.45) is 0 Å². The summed E-state index contributed by atoms with van der Waals surface area (Å²) in [5.74, 6) is 0.317. The molecule has 1 aromatic heterocycles. The van der Waals surface area contributed by atoms with Gasteiger partial charge < -0.3 is 9.15 Å². The summed E-state index contributed by atoms with van der Waals surface area (Å²) < 4.78 is 11.1. The Balaban J connectivity index is 1.50. The Morgan fingerprint density at radius 3 is 2.36 bits per heavy atom. The van der Waals surface area contributed by atoms with Gasteiger partial charge in [0.15, 0.2) is 0 Å². The zero-order chi connectivity index (χ0) is 19.3. The van der Waals surface area contributed by atoms with E-state index in [1.54, 1.807) is 36.4 Å². The van der Waals surface area contributed by atoms with Crippen LogP contribution in [-0.2, 0) is 11.3 Å². The molecular formula is C22H15ClN2O3. The van der Waals surface area contributed by atoms with Crippen molar-refractivity contribution in [1.29, 1.82) is 0 Å². The Morgan fingerprint density at radius 1 is 0.857 bits per heavy atom. The second kappa shape index (κ2) is 8.06. The van der Waals surface area contributed by atoms with Gasteiger partial charge in [0, 0.05) is 16.1 Å². The molecule has 4 rings (SSSR count). The number of aromatic nitrogens is 2.